The van der Waals surface area contributed by atoms with Crippen molar-refractivity contribution in [2.45, 2.75) is 44.3 Å². The molecule has 0 bridgehead atoms. The molecule has 2 fully saturated rings. The molecule has 4 aromatic rings. The average molecular weight is 515 g/mol. The van der Waals surface area contributed by atoms with Crippen LogP contribution in [0.15, 0.2) is 65.4 Å². The molecule has 0 aliphatic heterocycles. The van der Waals surface area contributed by atoms with Gasteiger partial charge in [0.15, 0.2) is 0 Å². The Bertz CT molecular complexity index is 1440. The van der Waals surface area contributed by atoms with Crippen molar-refractivity contribution in [3.8, 4) is 0 Å². The molecule has 1 unspecified atom stereocenters. The van der Waals surface area contributed by atoms with E-state index in [4.69, 9.17) is 0 Å². The number of hydrogen-bond donors (Lipinski definition) is 2. The zero-order valence-corrected chi connectivity index (χ0v) is 20.9. The number of carbonyl (C=O) groups is 3. The predicted octanol–water partition coefficient (Wildman–Crippen LogP) is 3.89. The molecule has 37 heavy (non-hydrogen) atoms. The number of aromatic nitrogens is 3. The fourth-order valence-electron chi connectivity index (χ4n) is 4.33. The van der Waals surface area contributed by atoms with Gasteiger partial charge in [0.2, 0.25) is 17.7 Å². The fourth-order valence-corrected chi connectivity index (χ4v) is 5.01. The highest BCUT2D eigenvalue weighted by Gasteiger charge is 2.36. The van der Waals surface area contributed by atoms with E-state index in [0.717, 1.165) is 36.8 Å². The molecule has 2 aromatic carbocycles. The molecule has 0 spiro atoms. The molecular weight excluding hydrogens is 488 g/mol. The Labute approximate surface area is 217 Å². The summed E-state index contributed by atoms with van der Waals surface area (Å²) >= 11 is 1.48. The number of thiophene rings is 1. The van der Waals surface area contributed by atoms with E-state index in [9.17, 15) is 14.4 Å². The maximum Gasteiger partial charge on any atom is 0.249 e. The smallest absolute Gasteiger partial charge is 0.249 e. The third-order valence-electron chi connectivity index (χ3n) is 6.62. The normalized spacial score (nSPS) is 15.8. The topological polar surface area (TPSA) is 109 Å². The first-order chi connectivity index (χ1) is 18.1. The predicted molar refractivity (Wildman–Crippen MR) is 141 cm³/mol. The van der Waals surface area contributed by atoms with E-state index in [0.29, 0.717) is 16.9 Å². The van der Waals surface area contributed by atoms with Gasteiger partial charge in [-0.2, -0.15) is 11.3 Å². The van der Waals surface area contributed by atoms with Crippen LogP contribution in [0.4, 0.5) is 11.4 Å². The molecule has 2 aromatic heterocycles. The average Bonchev–Trinajstić information content (AvgIpc) is 3.83. The van der Waals surface area contributed by atoms with E-state index in [1.165, 1.54) is 16.2 Å². The molecule has 2 aliphatic rings. The van der Waals surface area contributed by atoms with Gasteiger partial charge < -0.3 is 10.6 Å². The van der Waals surface area contributed by atoms with Gasteiger partial charge in [-0.3, -0.25) is 19.3 Å². The fraction of sp³-hybridized carbons (Fsp3) is 0.296. The summed E-state index contributed by atoms with van der Waals surface area (Å²) in [6.45, 7) is -0.0853. The monoisotopic (exact) mass is 514 g/mol. The second kappa shape index (κ2) is 9.78. The summed E-state index contributed by atoms with van der Waals surface area (Å²) in [4.78, 5) is 41.2. The molecule has 3 amide bonds. The number of rotatable bonds is 9. The van der Waals surface area contributed by atoms with Crippen LogP contribution in [0.5, 0.6) is 0 Å². The van der Waals surface area contributed by atoms with Crippen molar-refractivity contribution in [1.29, 1.82) is 0 Å². The lowest BCUT2D eigenvalue weighted by Crippen LogP contribution is -2.45. The van der Waals surface area contributed by atoms with Gasteiger partial charge in [0.05, 0.1) is 5.52 Å². The lowest BCUT2D eigenvalue weighted by molar-refractivity contribution is -0.127. The van der Waals surface area contributed by atoms with Crippen molar-refractivity contribution < 1.29 is 14.4 Å². The Hall–Kier alpha value is -4.05. The van der Waals surface area contributed by atoms with E-state index in [1.807, 2.05) is 41.1 Å². The van der Waals surface area contributed by atoms with Crippen LogP contribution in [0, 0.1) is 5.92 Å². The SMILES string of the molecule is O=C(Nc1ccc(N(C(=O)Cn2nnc3ccccc32)C(C(=O)NC2CC2)c2ccsc2)cc1)C1CC1. The zero-order valence-electron chi connectivity index (χ0n) is 20.0. The van der Waals surface area contributed by atoms with Gasteiger partial charge in [-0.05, 0) is 84.5 Å². The minimum atomic E-state index is -0.846. The number of nitrogens with one attached hydrogen (secondary N) is 2. The van der Waals surface area contributed by atoms with Crippen LogP contribution in [-0.4, -0.2) is 38.8 Å². The summed E-state index contributed by atoms with van der Waals surface area (Å²) in [5.74, 6) is -0.417. The number of anilines is 2. The number of amides is 3. The molecule has 6 rings (SSSR count). The molecule has 2 aliphatic carbocycles. The van der Waals surface area contributed by atoms with Crippen molar-refractivity contribution in [1.82, 2.24) is 20.3 Å². The van der Waals surface area contributed by atoms with Crippen molar-refractivity contribution in [3.63, 3.8) is 0 Å². The van der Waals surface area contributed by atoms with Crippen LogP contribution in [0.1, 0.15) is 37.3 Å². The van der Waals surface area contributed by atoms with Crippen LogP contribution in [0.3, 0.4) is 0 Å². The van der Waals surface area contributed by atoms with E-state index in [-0.39, 0.29) is 36.2 Å². The van der Waals surface area contributed by atoms with E-state index in [2.05, 4.69) is 20.9 Å². The highest BCUT2D eigenvalue weighted by atomic mass is 32.1. The number of para-hydroxylation sites is 1. The minimum absolute atomic E-state index is 0.0127. The molecule has 0 saturated heterocycles. The van der Waals surface area contributed by atoms with Gasteiger partial charge in [0.25, 0.3) is 0 Å². The largest absolute Gasteiger partial charge is 0.351 e. The molecule has 10 heteroatoms. The van der Waals surface area contributed by atoms with Gasteiger partial charge in [0.1, 0.15) is 18.1 Å². The summed E-state index contributed by atoms with van der Waals surface area (Å²) in [6, 6.07) is 15.7. The summed E-state index contributed by atoms with van der Waals surface area (Å²) in [6.07, 6.45) is 3.72. The van der Waals surface area contributed by atoms with Crippen LogP contribution in [0.25, 0.3) is 11.0 Å². The molecule has 1 atom stereocenters. The Balaban J connectivity index is 1.35. The second-order valence-electron chi connectivity index (χ2n) is 9.55. The molecule has 2 heterocycles. The molecule has 188 valence electrons. The molecule has 2 N–H and O–H groups in total. The van der Waals surface area contributed by atoms with Gasteiger partial charge in [-0.15, -0.1) is 5.10 Å². The van der Waals surface area contributed by atoms with Crippen LogP contribution in [-0.2, 0) is 20.9 Å². The Morgan fingerprint density at radius 1 is 1.03 bits per heavy atom. The van der Waals surface area contributed by atoms with Crippen molar-refractivity contribution in [3.05, 3.63) is 70.9 Å². The zero-order chi connectivity index (χ0) is 25.4. The summed E-state index contributed by atoms with van der Waals surface area (Å²) in [5, 5.41) is 18.1. The van der Waals surface area contributed by atoms with Crippen molar-refractivity contribution in [2.24, 2.45) is 5.92 Å². The summed E-state index contributed by atoms with van der Waals surface area (Å²) in [5.41, 5.74) is 3.39. The van der Waals surface area contributed by atoms with Gasteiger partial charge in [0, 0.05) is 23.3 Å². The molecule has 2 saturated carbocycles. The van der Waals surface area contributed by atoms with Crippen LogP contribution < -0.4 is 15.5 Å². The van der Waals surface area contributed by atoms with Gasteiger partial charge in [-0.25, -0.2) is 4.68 Å². The number of fused-ring (bicyclic) bond motifs is 1. The Kier molecular flexibility index (Phi) is 6.17. The highest BCUT2D eigenvalue weighted by molar-refractivity contribution is 7.08. The number of hydrogen-bond acceptors (Lipinski definition) is 6. The maximum absolute atomic E-state index is 13.9. The standard InChI is InChI=1S/C27H26N6O3S/c34-24(15-32-23-4-2-1-3-22(23)30-31-32)33(21-11-9-20(10-12-21)28-26(35)17-5-6-17)25(18-13-14-37-16-18)27(36)29-19-7-8-19/h1-4,9-14,16-17,19,25H,5-8,15H2,(H,28,35)(H,29,36). The van der Waals surface area contributed by atoms with Gasteiger partial charge in [-0.1, -0.05) is 17.3 Å². The van der Waals surface area contributed by atoms with E-state index < -0.39 is 6.04 Å². The number of nitrogens with zero attached hydrogens (tertiary/aromatic N) is 4. The quantitative estimate of drug-likeness (QED) is 0.352. The van der Waals surface area contributed by atoms with Crippen LogP contribution in [0.2, 0.25) is 0 Å². The second-order valence-corrected chi connectivity index (χ2v) is 10.3. The molecule has 0 radical (unpaired) electrons. The lowest BCUT2D eigenvalue weighted by atomic mass is 10.1. The van der Waals surface area contributed by atoms with Gasteiger partial charge >= 0.3 is 0 Å². The maximum atomic E-state index is 13.9. The highest BCUT2D eigenvalue weighted by Crippen LogP contribution is 2.33. The van der Waals surface area contributed by atoms with Crippen LogP contribution >= 0.6 is 11.3 Å². The molecular formula is C27H26N6O3S. The first kappa shape index (κ1) is 23.4. The van der Waals surface area contributed by atoms with E-state index in [1.54, 1.807) is 28.9 Å². The first-order valence-electron chi connectivity index (χ1n) is 12.4. The molecule has 9 nitrogen and oxygen atoms in total. The number of benzene rings is 2. The Morgan fingerprint density at radius 3 is 2.51 bits per heavy atom. The van der Waals surface area contributed by atoms with Crippen molar-refractivity contribution >= 4 is 51.5 Å². The van der Waals surface area contributed by atoms with Crippen molar-refractivity contribution in [2.75, 3.05) is 10.2 Å². The Morgan fingerprint density at radius 2 is 1.81 bits per heavy atom. The summed E-state index contributed by atoms with van der Waals surface area (Å²) < 4.78 is 1.55. The minimum Gasteiger partial charge on any atom is -0.351 e. The lowest BCUT2D eigenvalue weighted by Gasteiger charge is -2.31. The first-order valence-corrected chi connectivity index (χ1v) is 13.3. The third-order valence-corrected chi connectivity index (χ3v) is 7.33. The number of carbonyl (C=O) groups excluding carboxylic acids is 3. The third kappa shape index (κ3) is 5.10. The summed E-state index contributed by atoms with van der Waals surface area (Å²) in [7, 11) is 0. The van der Waals surface area contributed by atoms with E-state index >= 15 is 0 Å².